The Morgan fingerprint density at radius 2 is 2.20 bits per heavy atom. The van der Waals surface area contributed by atoms with Gasteiger partial charge in [0.1, 0.15) is 0 Å². The number of amides is 1. The van der Waals surface area contributed by atoms with E-state index in [0.29, 0.717) is 6.54 Å². The summed E-state index contributed by atoms with van der Waals surface area (Å²) in [7, 11) is 0. The molecule has 0 bridgehead atoms. The summed E-state index contributed by atoms with van der Waals surface area (Å²) < 4.78 is 5.60. The average Bonchev–Trinajstić information content (AvgIpc) is 2.14. The summed E-state index contributed by atoms with van der Waals surface area (Å²) in [5.74, 6) is 0.00600. The normalized spacial score (nSPS) is 23.9. The number of nitrogens with zero attached hydrogens (tertiary/aromatic N) is 1. The van der Waals surface area contributed by atoms with Gasteiger partial charge < -0.3 is 10.1 Å². The molecule has 1 heterocycles. The summed E-state index contributed by atoms with van der Waals surface area (Å²) in [6.45, 7) is 11.4. The number of morpholine rings is 1. The van der Waals surface area contributed by atoms with Gasteiger partial charge in [-0.05, 0) is 20.8 Å². The molecule has 1 unspecified atom stereocenters. The minimum atomic E-state index is 0.00600. The van der Waals surface area contributed by atoms with Gasteiger partial charge >= 0.3 is 0 Å². The van der Waals surface area contributed by atoms with Gasteiger partial charge in [0, 0.05) is 32.1 Å². The first-order chi connectivity index (χ1) is 6.89. The third-order valence-corrected chi connectivity index (χ3v) is 2.67. The van der Waals surface area contributed by atoms with E-state index >= 15 is 0 Å². The maximum Gasteiger partial charge on any atom is 0.216 e. The highest BCUT2D eigenvalue weighted by molar-refractivity contribution is 5.72. The smallest absolute Gasteiger partial charge is 0.216 e. The summed E-state index contributed by atoms with van der Waals surface area (Å²) >= 11 is 0. The van der Waals surface area contributed by atoms with Crippen molar-refractivity contribution in [2.24, 2.45) is 0 Å². The van der Waals surface area contributed by atoms with Crippen LogP contribution in [-0.2, 0) is 9.53 Å². The van der Waals surface area contributed by atoms with Crippen LogP contribution in [0.2, 0.25) is 0 Å². The molecule has 15 heavy (non-hydrogen) atoms. The van der Waals surface area contributed by atoms with Crippen LogP contribution in [-0.4, -0.2) is 48.7 Å². The van der Waals surface area contributed by atoms with Crippen molar-refractivity contribution >= 4 is 5.91 Å². The molecule has 0 spiro atoms. The van der Waals surface area contributed by atoms with Crippen LogP contribution in [0.1, 0.15) is 27.7 Å². The van der Waals surface area contributed by atoms with E-state index in [4.69, 9.17) is 4.74 Å². The molecule has 1 saturated heterocycles. The lowest BCUT2D eigenvalue weighted by molar-refractivity contribution is -0.120. The fourth-order valence-corrected chi connectivity index (χ4v) is 1.71. The van der Waals surface area contributed by atoms with E-state index in [2.05, 4.69) is 31.0 Å². The van der Waals surface area contributed by atoms with Crippen LogP contribution in [0, 0.1) is 0 Å². The van der Waals surface area contributed by atoms with Crippen molar-refractivity contribution in [2.75, 3.05) is 26.2 Å². The highest BCUT2D eigenvalue weighted by Gasteiger charge is 2.28. The zero-order valence-electron chi connectivity index (χ0n) is 10.2. The Bertz CT molecular complexity index is 223. The van der Waals surface area contributed by atoms with Gasteiger partial charge in [-0.3, -0.25) is 9.69 Å². The van der Waals surface area contributed by atoms with Crippen molar-refractivity contribution in [2.45, 2.75) is 39.3 Å². The standard InChI is InChI=1S/C11H22N2O2/c1-9(14)12-7-10-8-13(5-6-15-10)11(2,3)4/h10H,5-8H2,1-4H3,(H,12,14). The minimum absolute atomic E-state index is 0.00600. The zero-order chi connectivity index (χ0) is 11.5. The number of hydrogen-bond acceptors (Lipinski definition) is 3. The zero-order valence-corrected chi connectivity index (χ0v) is 10.2. The number of hydrogen-bond donors (Lipinski definition) is 1. The van der Waals surface area contributed by atoms with Crippen molar-refractivity contribution in [3.05, 3.63) is 0 Å². The molecule has 0 aromatic carbocycles. The number of carbonyl (C=O) groups is 1. The third kappa shape index (κ3) is 4.18. The van der Waals surface area contributed by atoms with Crippen molar-refractivity contribution in [1.29, 1.82) is 0 Å². The van der Waals surface area contributed by atoms with E-state index in [1.165, 1.54) is 6.92 Å². The summed E-state index contributed by atoms with van der Waals surface area (Å²) in [6.07, 6.45) is 0.127. The first-order valence-electron chi connectivity index (χ1n) is 5.50. The summed E-state index contributed by atoms with van der Waals surface area (Å²) in [5.41, 5.74) is 0.179. The van der Waals surface area contributed by atoms with Gasteiger partial charge in [0.15, 0.2) is 0 Å². The molecule has 1 aliphatic heterocycles. The Balaban J connectivity index is 2.39. The van der Waals surface area contributed by atoms with Crippen LogP contribution < -0.4 is 5.32 Å². The Morgan fingerprint density at radius 1 is 1.53 bits per heavy atom. The van der Waals surface area contributed by atoms with E-state index in [1.807, 2.05) is 0 Å². The molecule has 1 atom stereocenters. The highest BCUT2D eigenvalue weighted by atomic mass is 16.5. The van der Waals surface area contributed by atoms with Gasteiger partial charge in [-0.2, -0.15) is 0 Å². The molecule has 1 aliphatic rings. The van der Waals surface area contributed by atoms with Crippen molar-refractivity contribution in [3.63, 3.8) is 0 Å². The molecule has 1 N–H and O–H groups in total. The molecule has 1 rings (SSSR count). The molecule has 1 fully saturated rings. The molecule has 0 saturated carbocycles. The van der Waals surface area contributed by atoms with Crippen molar-refractivity contribution in [1.82, 2.24) is 10.2 Å². The Hall–Kier alpha value is -0.610. The maximum atomic E-state index is 10.8. The van der Waals surface area contributed by atoms with Crippen LogP contribution in [0.15, 0.2) is 0 Å². The number of rotatable bonds is 2. The van der Waals surface area contributed by atoms with Gasteiger partial charge in [0.2, 0.25) is 5.91 Å². The van der Waals surface area contributed by atoms with Crippen LogP contribution in [0.3, 0.4) is 0 Å². The molecular formula is C11H22N2O2. The lowest BCUT2D eigenvalue weighted by Gasteiger charge is -2.41. The predicted octanol–water partition coefficient (Wildman–Crippen LogP) is 0.622. The molecule has 0 aromatic heterocycles. The fraction of sp³-hybridized carbons (Fsp3) is 0.909. The van der Waals surface area contributed by atoms with E-state index in [1.54, 1.807) is 0 Å². The van der Waals surface area contributed by atoms with Gasteiger partial charge in [-0.15, -0.1) is 0 Å². The highest BCUT2D eigenvalue weighted by Crippen LogP contribution is 2.17. The quantitative estimate of drug-likeness (QED) is 0.733. The van der Waals surface area contributed by atoms with E-state index in [9.17, 15) is 4.79 Å². The number of ether oxygens (including phenoxy) is 1. The van der Waals surface area contributed by atoms with Gasteiger partial charge in [-0.1, -0.05) is 0 Å². The Kier molecular flexibility index (Phi) is 4.11. The molecule has 1 amide bonds. The van der Waals surface area contributed by atoms with Crippen molar-refractivity contribution < 1.29 is 9.53 Å². The molecule has 88 valence electrons. The average molecular weight is 214 g/mol. The second kappa shape index (κ2) is 4.94. The number of carbonyl (C=O) groups excluding carboxylic acids is 1. The molecule has 0 radical (unpaired) electrons. The summed E-state index contributed by atoms with van der Waals surface area (Å²) in [4.78, 5) is 13.2. The van der Waals surface area contributed by atoms with E-state index < -0.39 is 0 Å². The summed E-state index contributed by atoms with van der Waals surface area (Å²) in [6, 6.07) is 0. The first-order valence-corrected chi connectivity index (χ1v) is 5.50. The second-order valence-corrected chi connectivity index (χ2v) is 5.05. The maximum absolute atomic E-state index is 10.8. The SMILES string of the molecule is CC(=O)NCC1CN(C(C)(C)C)CCO1. The van der Waals surface area contributed by atoms with Gasteiger partial charge in [0.25, 0.3) is 0 Å². The Labute approximate surface area is 92.0 Å². The summed E-state index contributed by atoms with van der Waals surface area (Å²) in [5, 5.41) is 2.80. The van der Waals surface area contributed by atoms with Crippen LogP contribution in [0.5, 0.6) is 0 Å². The van der Waals surface area contributed by atoms with Gasteiger partial charge in [0.05, 0.1) is 12.7 Å². The molecular weight excluding hydrogens is 192 g/mol. The van der Waals surface area contributed by atoms with E-state index in [0.717, 1.165) is 19.7 Å². The topological polar surface area (TPSA) is 41.6 Å². The predicted molar refractivity (Wildman–Crippen MR) is 59.7 cm³/mol. The van der Waals surface area contributed by atoms with E-state index in [-0.39, 0.29) is 17.6 Å². The lowest BCUT2D eigenvalue weighted by Crippen LogP contribution is -2.53. The second-order valence-electron chi connectivity index (χ2n) is 5.05. The molecule has 4 heteroatoms. The van der Waals surface area contributed by atoms with Crippen LogP contribution in [0.25, 0.3) is 0 Å². The lowest BCUT2D eigenvalue weighted by atomic mass is 10.0. The van der Waals surface area contributed by atoms with Crippen LogP contribution >= 0.6 is 0 Å². The minimum Gasteiger partial charge on any atom is -0.374 e. The molecule has 0 aliphatic carbocycles. The largest absolute Gasteiger partial charge is 0.374 e. The monoisotopic (exact) mass is 214 g/mol. The third-order valence-electron chi connectivity index (χ3n) is 2.67. The molecule has 4 nitrogen and oxygen atoms in total. The number of nitrogens with one attached hydrogen (secondary N) is 1. The van der Waals surface area contributed by atoms with Crippen LogP contribution in [0.4, 0.5) is 0 Å². The van der Waals surface area contributed by atoms with Gasteiger partial charge in [-0.25, -0.2) is 0 Å². The first kappa shape index (κ1) is 12.5. The molecule has 0 aromatic rings. The Morgan fingerprint density at radius 3 is 2.73 bits per heavy atom. The fourth-order valence-electron chi connectivity index (χ4n) is 1.71. The van der Waals surface area contributed by atoms with Crippen molar-refractivity contribution in [3.8, 4) is 0 Å².